The Hall–Kier alpha value is 1.08. The Morgan fingerprint density at radius 1 is 1.36 bits per heavy atom. The van der Waals surface area contributed by atoms with Crippen LogP contribution in [-0.4, -0.2) is 12.1 Å². The number of carbonyl (C=O) groups is 1. The molecule has 0 spiro atoms. The van der Waals surface area contributed by atoms with Crippen LogP contribution in [0.4, 0.5) is 4.79 Å². The zero-order valence-corrected chi connectivity index (χ0v) is 14.3. The average molecular weight is 270 g/mol. The van der Waals surface area contributed by atoms with Crippen LogP contribution in [0.2, 0.25) is 0 Å². The number of carbonyl (C=O) groups excluding carboxylic acids is 1. The van der Waals surface area contributed by atoms with Crippen molar-refractivity contribution in [2.45, 2.75) is 45.6 Å². The van der Waals surface area contributed by atoms with E-state index in [1.54, 1.807) is 0 Å². The minimum atomic E-state index is -1.13. The molecule has 3 nitrogen and oxygen atoms in total. The Morgan fingerprint density at radius 2 is 1.93 bits per heavy atom. The molecular formula is C10H18NO2Rb. The van der Waals surface area contributed by atoms with E-state index in [1.807, 2.05) is 0 Å². The van der Waals surface area contributed by atoms with Gasteiger partial charge < -0.3 is 15.2 Å². The molecule has 1 rings (SSSR count). The fourth-order valence-electron chi connectivity index (χ4n) is 2.29. The Labute approximate surface area is 135 Å². The van der Waals surface area contributed by atoms with E-state index in [0.717, 1.165) is 19.3 Å². The van der Waals surface area contributed by atoms with E-state index in [4.69, 9.17) is 0 Å². The second kappa shape index (κ2) is 7.37. The molecule has 4 heteroatoms. The zero-order chi connectivity index (χ0) is 9.84. The first-order chi connectivity index (χ1) is 6.11. The van der Waals surface area contributed by atoms with E-state index in [1.165, 1.54) is 6.42 Å². The van der Waals surface area contributed by atoms with Gasteiger partial charge in [-0.1, -0.05) is 26.7 Å². The molecule has 1 aliphatic carbocycles. The molecule has 0 heterocycles. The molecule has 1 N–H and O–H groups in total. The minimum Gasteiger partial charge on any atom is -0.530 e. The van der Waals surface area contributed by atoms with Crippen molar-refractivity contribution in [2.24, 2.45) is 11.8 Å². The predicted octanol–water partition coefficient (Wildman–Crippen LogP) is -1.86. The van der Waals surface area contributed by atoms with Gasteiger partial charge in [0.15, 0.2) is 0 Å². The fourth-order valence-corrected chi connectivity index (χ4v) is 2.29. The van der Waals surface area contributed by atoms with Gasteiger partial charge in [-0.15, -0.1) is 0 Å². The van der Waals surface area contributed by atoms with Crippen LogP contribution in [0.25, 0.3) is 0 Å². The minimum absolute atomic E-state index is 0. The number of rotatable bonds is 2. The molecule has 2 unspecified atom stereocenters. The monoisotopic (exact) mass is 269 g/mol. The number of hydrogen-bond acceptors (Lipinski definition) is 2. The van der Waals surface area contributed by atoms with Gasteiger partial charge in [-0.25, -0.2) is 0 Å². The molecule has 0 aromatic carbocycles. The number of amides is 1. The number of carboxylic acid groups (broad SMARTS) is 1. The summed E-state index contributed by atoms with van der Waals surface area (Å²) in [6.45, 7) is 4.31. The van der Waals surface area contributed by atoms with Gasteiger partial charge in [-0.3, -0.25) is 0 Å². The maximum Gasteiger partial charge on any atom is 1.00 e. The molecule has 14 heavy (non-hydrogen) atoms. The standard InChI is InChI=1S/C10H19NO2.Rb/c1-7(2)8-5-3-4-6-9(8)11-10(12)13;/h7-9,11H,3-6H2,1-2H3,(H,12,13);/q;+1/p-1. The Kier molecular flexibility index (Phi) is 7.93. The van der Waals surface area contributed by atoms with Gasteiger partial charge in [0.2, 0.25) is 0 Å². The van der Waals surface area contributed by atoms with Crippen molar-refractivity contribution in [3.8, 4) is 0 Å². The van der Waals surface area contributed by atoms with E-state index in [2.05, 4.69) is 19.2 Å². The van der Waals surface area contributed by atoms with Crippen molar-refractivity contribution in [3.05, 3.63) is 0 Å². The molecule has 0 bridgehead atoms. The summed E-state index contributed by atoms with van der Waals surface area (Å²) >= 11 is 0. The molecule has 1 amide bonds. The van der Waals surface area contributed by atoms with E-state index < -0.39 is 6.09 Å². The Morgan fingerprint density at radius 3 is 2.43 bits per heavy atom. The van der Waals surface area contributed by atoms with Gasteiger partial charge in [-0.05, 0) is 24.7 Å². The second-order valence-electron chi connectivity index (χ2n) is 4.23. The first kappa shape index (κ1) is 15.1. The van der Waals surface area contributed by atoms with Crippen LogP contribution in [0, 0.1) is 11.8 Å². The summed E-state index contributed by atoms with van der Waals surface area (Å²) in [5.41, 5.74) is 0. The van der Waals surface area contributed by atoms with Crippen LogP contribution < -0.4 is 68.6 Å². The molecule has 0 radical (unpaired) electrons. The maximum atomic E-state index is 10.4. The topological polar surface area (TPSA) is 52.2 Å². The first-order valence-electron chi connectivity index (χ1n) is 5.08. The van der Waals surface area contributed by atoms with Crippen molar-refractivity contribution in [3.63, 3.8) is 0 Å². The van der Waals surface area contributed by atoms with Crippen LogP contribution in [0.15, 0.2) is 0 Å². The summed E-state index contributed by atoms with van der Waals surface area (Å²) in [6, 6.07) is 0.124. The van der Waals surface area contributed by atoms with Crippen molar-refractivity contribution in [1.29, 1.82) is 0 Å². The Balaban J connectivity index is 0.00000169. The zero-order valence-electron chi connectivity index (χ0n) is 9.38. The van der Waals surface area contributed by atoms with E-state index in [0.29, 0.717) is 11.8 Å². The quantitative estimate of drug-likeness (QED) is 0.639. The van der Waals surface area contributed by atoms with E-state index in [-0.39, 0.29) is 64.2 Å². The summed E-state index contributed by atoms with van der Waals surface area (Å²) in [5.74, 6) is 1.05. The van der Waals surface area contributed by atoms with E-state index in [9.17, 15) is 9.90 Å². The third kappa shape index (κ3) is 4.73. The van der Waals surface area contributed by atoms with Crippen LogP contribution in [-0.2, 0) is 0 Å². The molecule has 0 aromatic heterocycles. The second-order valence-corrected chi connectivity index (χ2v) is 4.23. The van der Waals surface area contributed by atoms with Gasteiger partial charge in [0.1, 0.15) is 6.09 Å². The van der Waals surface area contributed by atoms with Gasteiger partial charge in [0, 0.05) is 6.04 Å². The van der Waals surface area contributed by atoms with Crippen molar-refractivity contribution in [1.82, 2.24) is 5.32 Å². The van der Waals surface area contributed by atoms with Crippen molar-refractivity contribution in [2.75, 3.05) is 0 Å². The predicted molar refractivity (Wildman–Crippen MR) is 49.1 cm³/mol. The van der Waals surface area contributed by atoms with Gasteiger partial charge in [0.25, 0.3) is 0 Å². The number of hydrogen-bond donors (Lipinski definition) is 1. The van der Waals surface area contributed by atoms with Crippen LogP contribution in [0.1, 0.15) is 39.5 Å². The largest absolute Gasteiger partial charge is 1.00 e. The van der Waals surface area contributed by atoms with Crippen LogP contribution in [0.3, 0.4) is 0 Å². The summed E-state index contributed by atoms with van der Waals surface area (Å²) in [6.07, 6.45) is 3.35. The van der Waals surface area contributed by atoms with Crippen molar-refractivity contribution < 1.29 is 68.1 Å². The molecule has 1 aliphatic rings. The Bertz CT molecular complexity index is 185. The fraction of sp³-hybridized carbons (Fsp3) is 0.900. The molecule has 1 saturated carbocycles. The SMILES string of the molecule is CC(C)C1CCCCC1NC(=O)[O-].[Rb+]. The average Bonchev–Trinajstić information content (AvgIpc) is 2.03. The molecule has 76 valence electrons. The van der Waals surface area contributed by atoms with Gasteiger partial charge >= 0.3 is 58.2 Å². The normalized spacial score (nSPS) is 26.8. The summed E-state index contributed by atoms with van der Waals surface area (Å²) < 4.78 is 0. The molecule has 0 saturated heterocycles. The van der Waals surface area contributed by atoms with Crippen molar-refractivity contribution >= 4 is 6.09 Å². The maximum absolute atomic E-state index is 10.4. The van der Waals surface area contributed by atoms with Gasteiger partial charge in [0.05, 0.1) is 0 Å². The third-order valence-corrected chi connectivity index (χ3v) is 2.98. The van der Waals surface area contributed by atoms with E-state index >= 15 is 0 Å². The van der Waals surface area contributed by atoms with Gasteiger partial charge in [-0.2, -0.15) is 0 Å². The van der Waals surface area contributed by atoms with Crippen LogP contribution in [0.5, 0.6) is 0 Å². The molecule has 2 atom stereocenters. The third-order valence-electron chi connectivity index (χ3n) is 2.98. The summed E-state index contributed by atoms with van der Waals surface area (Å²) in [4.78, 5) is 10.4. The van der Waals surface area contributed by atoms with Crippen LogP contribution >= 0.6 is 0 Å². The first-order valence-corrected chi connectivity index (χ1v) is 5.08. The summed E-state index contributed by atoms with van der Waals surface area (Å²) in [5, 5.41) is 12.9. The summed E-state index contributed by atoms with van der Waals surface area (Å²) in [7, 11) is 0. The smallest absolute Gasteiger partial charge is 0.530 e. The molecule has 0 aliphatic heterocycles. The molecular weight excluding hydrogens is 252 g/mol. The molecule has 1 fully saturated rings. The number of nitrogens with one attached hydrogen (secondary N) is 1. The molecule has 0 aromatic rings.